The lowest BCUT2D eigenvalue weighted by Crippen LogP contribution is -2.81. The maximum atomic E-state index is 14.5. The number of carbonyl (C=O) groups is 2. The Bertz CT molecular complexity index is 1150. The van der Waals surface area contributed by atoms with E-state index >= 15 is 0 Å². The number of carbonyl (C=O) groups excluding carboxylic acids is 2. The van der Waals surface area contributed by atoms with Gasteiger partial charge >= 0.3 is 5.97 Å². The fraction of sp³-hybridized carbons (Fsp3) is 0.231. The second-order valence-corrected chi connectivity index (χ2v) is 7.97. The van der Waals surface area contributed by atoms with Crippen molar-refractivity contribution in [2.24, 2.45) is 0 Å². The molecule has 3 aliphatic heterocycles. The predicted molar refractivity (Wildman–Crippen MR) is 118 cm³/mol. The fourth-order valence-electron chi connectivity index (χ4n) is 5.15. The Morgan fingerprint density at radius 1 is 0.750 bits per heavy atom. The first-order valence-corrected chi connectivity index (χ1v) is 10.4. The van der Waals surface area contributed by atoms with Gasteiger partial charge in [0.15, 0.2) is 0 Å². The van der Waals surface area contributed by atoms with Gasteiger partial charge in [0.1, 0.15) is 0 Å². The van der Waals surface area contributed by atoms with Crippen molar-refractivity contribution in [3.05, 3.63) is 102 Å². The Labute approximate surface area is 186 Å². The number of rotatable bonds is 5. The van der Waals surface area contributed by atoms with E-state index in [9.17, 15) is 9.59 Å². The molecule has 2 unspecified atom stereocenters. The van der Waals surface area contributed by atoms with Crippen molar-refractivity contribution in [1.29, 1.82) is 0 Å². The Morgan fingerprint density at radius 3 is 1.78 bits per heavy atom. The number of methoxy groups -OCH3 is 2. The summed E-state index contributed by atoms with van der Waals surface area (Å²) in [6.07, 6.45) is 0.0955. The minimum atomic E-state index is -1.83. The summed E-state index contributed by atoms with van der Waals surface area (Å²) in [5.41, 5.74) is -1.52. The van der Waals surface area contributed by atoms with Crippen LogP contribution < -0.4 is 4.90 Å². The van der Waals surface area contributed by atoms with Crippen molar-refractivity contribution in [1.82, 2.24) is 0 Å². The van der Waals surface area contributed by atoms with Gasteiger partial charge in [0.25, 0.3) is 5.91 Å². The molecule has 0 aromatic heterocycles. The van der Waals surface area contributed by atoms with Crippen LogP contribution in [0.1, 0.15) is 17.5 Å². The van der Waals surface area contributed by atoms with Crippen LogP contribution in [0.25, 0.3) is 0 Å². The van der Waals surface area contributed by atoms with Crippen LogP contribution in [-0.2, 0) is 34.9 Å². The first-order valence-electron chi connectivity index (χ1n) is 10.4. The first-order chi connectivity index (χ1) is 15.6. The molecular formula is C26H23NO5. The molecule has 3 aromatic carbocycles. The van der Waals surface area contributed by atoms with Gasteiger partial charge in [-0.25, -0.2) is 0 Å². The smallest absolute Gasteiger partial charge is 0.334 e. The van der Waals surface area contributed by atoms with Crippen LogP contribution in [0.4, 0.5) is 5.69 Å². The minimum absolute atomic E-state index is 0.0955. The summed E-state index contributed by atoms with van der Waals surface area (Å²) in [4.78, 5) is 29.9. The van der Waals surface area contributed by atoms with Crippen molar-refractivity contribution < 1.29 is 23.8 Å². The van der Waals surface area contributed by atoms with Crippen LogP contribution in [0.3, 0.4) is 0 Å². The number of nitrogens with zero attached hydrogens (tertiary/aromatic N) is 1. The lowest BCUT2D eigenvalue weighted by atomic mass is 9.62. The van der Waals surface area contributed by atoms with E-state index in [0.29, 0.717) is 16.8 Å². The van der Waals surface area contributed by atoms with Crippen molar-refractivity contribution in [3.8, 4) is 0 Å². The summed E-state index contributed by atoms with van der Waals surface area (Å²) < 4.78 is 18.1. The molecule has 0 aliphatic carbocycles. The molecule has 0 spiro atoms. The highest BCUT2D eigenvalue weighted by Gasteiger charge is 2.79. The Morgan fingerprint density at radius 2 is 1.25 bits per heavy atom. The first kappa shape index (κ1) is 20.4. The summed E-state index contributed by atoms with van der Waals surface area (Å²) in [7, 11) is 2.92. The molecule has 32 heavy (non-hydrogen) atoms. The highest BCUT2D eigenvalue weighted by molar-refractivity contribution is 6.20. The van der Waals surface area contributed by atoms with Crippen LogP contribution >= 0.6 is 0 Å². The van der Waals surface area contributed by atoms with Crippen LogP contribution in [0.5, 0.6) is 0 Å². The third kappa shape index (κ3) is 2.42. The van der Waals surface area contributed by atoms with Crippen LogP contribution in [0, 0.1) is 0 Å². The summed E-state index contributed by atoms with van der Waals surface area (Å²) >= 11 is 0. The Balaban J connectivity index is 1.86. The number of anilines is 1. The van der Waals surface area contributed by atoms with Gasteiger partial charge in [0, 0.05) is 25.5 Å². The minimum Gasteiger partial charge on any atom is -0.433 e. The molecule has 3 heterocycles. The van der Waals surface area contributed by atoms with Gasteiger partial charge in [-0.2, -0.15) is 0 Å². The molecule has 6 heteroatoms. The highest BCUT2D eigenvalue weighted by atomic mass is 16.7. The SMILES string of the molecule is COC1(OC)CC2(c3ccccc3)OC(=O)C1(c1ccccc1)C(=O)N2c1ccccc1. The molecule has 3 aromatic rings. The zero-order chi connectivity index (χ0) is 22.4. The number of fused-ring (bicyclic) bond motifs is 3. The van der Waals surface area contributed by atoms with E-state index < -0.39 is 28.8 Å². The number of hydrogen-bond donors (Lipinski definition) is 0. The average Bonchev–Trinajstić information content (AvgIpc) is 2.85. The molecule has 0 N–H and O–H groups in total. The fourth-order valence-corrected chi connectivity index (χ4v) is 5.15. The third-order valence-corrected chi connectivity index (χ3v) is 6.60. The Hall–Kier alpha value is -3.48. The number of esters is 1. The van der Waals surface area contributed by atoms with E-state index in [4.69, 9.17) is 14.2 Å². The van der Waals surface area contributed by atoms with Gasteiger partial charge < -0.3 is 14.2 Å². The monoisotopic (exact) mass is 429 g/mol. The maximum absolute atomic E-state index is 14.5. The van der Waals surface area contributed by atoms with E-state index in [-0.39, 0.29) is 6.42 Å². The van der Waals surface area contributed by atoms with Gasteiger partial charge in [0.2, 0.25) is 16.9 Å². The standard InChI is InChI=1S/C26H23NO5/c1-30-25(31-2)18-24(19-12-6-3-7-13-19)27(21-16-10-5-11-17-21)22(28)26(25,23(29)32-24)20-14-8-4-9-15-20/h3-17H,18H2,1-2H3. The largest absolute Gasteiger partial charge is 0.433 e. The number of piperidine rings is 1. The molecule has 0 radical (unpaired) electrons. The topological polar surface area (TPSA) is 65.1 Å². The maximum Gasteiger partial charge on any atom is 0.334 e. The number of hydrogen-bond acceptors (Lipinski definition) is 5. The normalized spacial score (nSPS) is 26.1. The van der Waals surface area contributed by atoms with E-state index in [1.54, 1.807) is 29.2 Å². The summed E-state index contributed by atoms with van der Waals surface area (Å²) in [5, 5.41) is 0. The molecule has 2 bridgehead atoms. The van der Waals surface area contributed by atoms with Crippen molar-refractivity contribution in [2.45, 2.75) is 23.3 Å². The van der Waals surface area contributed by atoms with E-state index in [1.165, 1.54) is 14.2 Å². The number of amides is 1. The van der Waals surface area contributed by atoms with Gasteiger partial charge in [-0.05, 0) is 17.7 Å². The second kappa shape index (κ2) is 7.29. The summed E-state index contributed by atoms with van der Waals surface area (Å²) in [6, 6.07) is 27.3. The van der Waals surface area contributed by atoms with E-state index in [2.05, 4.69) is 0 Å². The molecule has 162 valence electrons. The van der Waals surface area contributed by atoms with Gasteiger partial charge in [-0.1, -0.05) is 78.9 Å². The highest BCUT2D eigenvalue weighted by Crippen LogP contribution is 2.60. The van der Waals surface area contributed by atoms with Crippen LogP contribution in [0.15, 0.2) is 91.0 Å². The van der Waals surface area contributed by atoms with E-state index in [0.717, 1.165) is 0 Å². The van der Waals surface area contributed by atoms with Crippen molar-refractivity contribution in [3.63, 3.8) is 0 Å². The van der Waals surface area contributed by atoms with Crippen LogP contribution in [-0.4, -0.2) is 31.9 Å². The van der Waals surface area contributed by atoms with Crippen molar-refractivity contribution in [2.75, 3.05) is 19.1 Å². The lowest BCUT2D eigenvalue weighted by Gasteiger charge is -2.62. The molecule has 0 saturated carbocycles. The van der Waals surface area contributed by atoms with Crippen LogP contribution in [0.2, 0.25) is 0 Å². The average molecular weight is 429 g/mol. The van der Waals surface area contributed by atoms with Gasteiger partial charge in [-0.3, -0.25) is 14.5 Å². The molecule has 1 amide bonds. The molecule has 3 saturated heterocycles. The molecule has 6 rings (SSSR count). The second-order valence-electron chi connectivity index (χ2n) is 7.97. The van der Waals surface area contributed by atoms with E-state index in [1.807, 2.05) is 66.7 Å². The predicted octanol–water partition coefficient (Wildman–Crippen LogP) is 3.76. The summed E-state index contributed by atoms with van der Waals surface area (Å²) in [5.74, 6) is -2.72. The number of ether oxygens (including phenoxy) is 3. The molecule has 3 aliphatic rings. The number of para-hydroxylation sites is 1. The van der Waals surface area contributed by atoms with Crippen molar-refractivity contribution >= 4 is 17.6 Å². The molecular weight excluding hydrogens is 406 g/mol. The van der Waals surface area contributed by atoms with Gasteiger partial charge in [0.05, 0.1) is 6.42 Å². The lowest BCUT2D eigenvalue weighted by molar-refractivity contribution is -0.309. The third-order valence-electron chi connectivity index (χ3n) is 6.60. The summed E-state index contributed by atoms with van der Waals surface area (Å²) in [6.45, 7) is 0. The Kier molecular flexibility index (Phi) is 4.65. The quantitative estimate of drug-likeness (QED) is 0.351. The number of benzene rings is 3. The zero-order valence-electron chi connectivity index (χ0n) is 17.9. The molecule has 2 atom stereocenters. The zero-order valence-corrected chi connectivity index (χ0v) is 17.9. The molecule has 3 fully saturated rings. The molecule has 6 nitrogen and oxygen atoms in total. The van der Waals surface area contributed by atoms with Gasteiger partial charge in [-0.15, -0.1) is 0 Å².